The monoisotopic (exact) mass is 450 g/mol. The SMILES string of the molecule is CCCCCCCCCCCCCCCCCCCCCCCCCCCC.[Ca+2].[O-2]. The van der Waals surface area contributed by atoms with Crippen LogP contribution in [0.5, 0.6) is 0 Å². The Kier molecular flexibility index (Phi) is 41.6. The minimum absolute atomic E-state index is 0. The van der Waals surface area contributed by atoms with E-state index in [1.807, 2.05) is 0 Å². The molecule has 0 bridgehead atoms. The molecule has 0 aliphatic rings. The zero-order chi connectivity index (χ0) is 20.4. The summed E-state index contributed by atoms with van der Waals surface area (Å²) in [5, 5.41) is 0. The molecule has 0 heterocycles. The summed E-state index contributed by atoms with van der Waals surface area (Å²) in [6.07, 6.45) is 38.4. The summed E-state index contributed by atoms with van der Waals surface area (Å²) in [7, 11) is 0. The van der Waals surface area contributed by atoms with Crippen LogP contribution >= 0.6 is 0 Å². The van der Waals surface area contributed by atoms with Gasteiger partial charge >= 0.3 is 37.7 Å². The van der Waals surface area contributed by atoms with Crippen LogP contribution in [0.1, 0.15) is 181 Å². The van der Waals surface area contributed by atoms with E-state index in [4.69, 9.17) is 0 Å². The molecule has 0 N–H and O–H groups in total. The molecular weight excluding hydrogens is 392 g/mol. The number of rotatable bonds is 25. The van der Waals surface area contributed by atoms with Crippen molar-refractivity contribution in [3.63, 3.8) is 0 Å². The van der Waals surface area contributed by atoms with Crippen LogP contribution in [0.2, 0.25) is 0 Å². The second kappa shape index (κ2) is 34.8. The molecule has 0 spiro atoms. The molecule has 0 aromatic rings. The Morgan fingerprint density at radius 2 is 0.333 bits per heavy atom. The van der Waals surface area contributed by atoms with Crippen molar-refractivity contribution in [3.8, 4) is 0 Å². The fraction of sp³-hybridized carbons (Fsp3) is 1.00. The Morgan fingerprint density at radius 1 is 0.233 bits per heavy atom. The molecule has 0 rings (SSSR count). The maximum atomic E-state index is 2.30. The van der Waals surface area contributed by atoms with Gasteiger partial charge in [-0.15, -0.1) is 0 Å². The molecule has 0 aliphatic heterocycles. The van der Waals surface area contributed by atoms with Crippen molar-refractivity contribution in [2.24, 2.45) is 0 Å². The van der Waals surface area contributed by atoms with Gasteiger partial charge < -0.3 is 5.48 Å². The van der Waals surface area contributed by atoms with Crippen LogP contribution in [0.4, 0.5) is 0 Å². The summed E-state index contributed by atoms with van der Waals surface area (Å²) < 4.78 is 0. The summed E-state index contributed by atoms with van der Waals surface area (Å²) in [5.74, 6) is 0. The third kappa shape index (κ3) is 33.8. The van der Waals surface area contributed by atoms with Crippen molar-refractivity contribution >= 4 is 37.7 Å². The fourth-order valence-electron chi connectivity index (χ4n) is 4.39. The first-order chi connectivity index (χ1) is 13.9. The van der Waals surface area contributed by atoms with Crippen molar-refractivity contribution in [1.29, 1.82) is 0 Å². The molecular formula is C28H58CaO. The van der Waals surface area contributed by atoms with Crippen molar-refractivity contribution in [1.82, 2.24) is 0 Å². The van der Waals surface area contributed by atoms with E-state index in [0.29, 0.717) is 0 Å². The van der Waals surface area contributed by atoms with Gasteiger partial charge in [0.05, 0.1) is 0 Å². The van der Waals surface area contributed by atoms with Gasteiger partial charge in [0.15, 0.2) is 0 Å². The molecule has 0 aliphatic carbocycles. The topological polar surface area (TPSA) is 28.5 Å². The molecule has 0 aromatic heterocycles. The summed E-state index contributed by atoms with van der Waals surface area (Å²) in [6.45, 7) is 4.61. The van der Waals surface area contributed by atoms with E-state index in [0.717, 1.165) is 0 Å². The van der Waals surface area contributed by atoms with Gasteiger partial charge in [-0.1, -0.05) is 181 Å². The minimum atomic E-state index is 0. The van der Waals surface area contributed by atoms with E-state index in [9.17, 15) is 0 Å². The van der Waals surface area contributed by atoms with Crippen LogP contribution in [0.3, 0.4) is 0 Å². The van der Waals surface area contributed by atoms with Gasteiger partial charge in [0, 0.05) is 0 Å². The van der Waals surface area contributed by atoms with Gasteiger partial charge in [0.1, 0.15) is 0 Å². The molecule has 1 nitrogen and oxygen atoms in total. The summed E-state index contributed by atoms with van der Waals surface area (Å²) >= 11 is 0. The molecule has 0 saturated carbocycles. The summed E-state index contributed by atoms with van der Waals surface area (Å²) in [6, 6.07) is 0. The van der Waals surface area contributed by atoms with E-state index in [1.54, 1.807) is 0 Å². The zero-order valence-corrected chi connectivity index (χ0v) is 23.7. The van der Waals surface area contributed by atoms with Gasteiger partial charge in [-0.3, -0.25) is 0 Å². The average molecular weight is 451 g/mol. The van der Waals surface area contributed by atoms with Gasteiger partial charge in [0.2, 0.25) is 0 Å². The molecule has 0 amide bonds. The Hall–Kier alpha value is 1.22. The van der Waals surface area contributed by atoms with Crippen LogP contribution in [0.25, 0.3) is 0 Å². The predicted molar refractivity (Wildman–Crippen MR) is 138 cm³/mol. The number of unbranched alkanes of at least 4 members (excludes halogenated alkanes) is 25. The molecule has 2 heteroatoms. The molecule has 30 heavy (non-hydrogen) atoms. The van der Waals surface area contributed by atoms with Crippen molar-refractivity contribution in [2.45, 2.75) is 181 Å². The van der Waals surface area contributed by atoms with Gasteiger partial charge in [-0.05, 0) is 0 Å². The van der Waals surface area contributed by atoms with Crippen LogP contribution in [-0.2, 0) is 5.48 Å². The third-order valence-electron chi connectivity index (χ3n) is 6.46. The van der Waals surface area contributed by atoms with E-state index in [1.165, 1.54) is 167 Å². The fourth-order valence-corrected chi connectivity index (χ4v) is 4.39. The first kappa shape index (κ1) is 35.8. The molecule has 0 saturated heterocycles. The zero-order valence-electron chi connectivity index (χ0n) is 21.5. The second-order valence-corrected chi connectivity index (χ2v) is 9.49. The number of hydrogen-bond acceptors (Lipinski definition) is 0. The Morgan fingerprint density at radius 3 is 0.433 bits per heavy atom. The Bertz CT molecular complexity index is 231. The van der Waals surface area contributed by atoms with Gasteiger partial charge in [0.25, 0.3) is 0 Å². The first-order valence-corrected chi connectivity index (χ1v) is 13.9. The van der Waals surface area contributed by atoms with E-state index < -0.39 is 0 Å². The quantitative estimate of drug-likeness (QED) is 0.0977. The standard InChI is InChI=1S/C28H58.Ca.O/c1-3-5-7-9-11-13-15-17-19-21-23-25-27-28-26-24-22-20-18-16-14-12-10-8-6-4-2;;/h3-28H2,1-2H3;;/q;+2;-2. The molecule has 0 atom stereocenters. The maximum absolute atomic E-state index is 2.30. The summed E-state index contributed by atoms with van der Waals surface area (Å²) in [4.78, 5) is 0. The van der Waals surface area contributed by atoms with E-state index in [-0.39, 0.29) is 43.2 Å². The van der Waals surface area contributed by atoms with E-state index >= 15 is 0 Å². The van der Waals surface area contributed by atoms with Crippen LogP contribution in [0, 0.1) is 0 Å². The van der Waals surface area contributed by atoms with Crippen LogP contribution < -0.4 is 0 Å². The average Bonchev–Trinajstić information content (AvgIpc) is 2.71. The van der Waals surface area contributed by atoms with Crippen LogP contribution in [0.15, 0.2) is 0 Å². The maximum Gasteiger partial charge on any atom is 2.00 e. The van der Waals surface area contributed by atoms with Gasteiger partial charge in [-0.25, -0.2) is 0 Å². The summed E-state index contributed by atoms with van der Waals surface area (Å²) in [5.41, 5.74) is 0. The third-order valence-corrected chi connectivity index (χ3v) is 6.46. The molecule has 0 fully saturated rings. The predicted octanol–water partition coefficient (Wildman–Crippen LogP) is 10.7. The molecule has 0 aromatic carbocycles. The largest absolute Gasteiger partial charge is 2.00 e. The molecule has 0 unspecified atom stereocenters. The minimum Gasteiger partial charge on any atom is -2.00 e. The van der Waals surface area contributed by atoms with Crippen LogP contribution in [-0.4, -0.2) is 37.7 Å². The first-order valence-electron chi connectivity index (χ1n) is 13.9. The van der Waals surface area contributed by atoms with E-state index in [2.05, 4.69) is 13.8 Å². The van der Waals surface area contributed by atoms with Gasteiger partial charge in [-0.2, -0.15) is 0 Å². The second-order valence-electron chi connectivity index (χ2n) is 9.49. The van der Waals surface area contributed by atoms with Crippen molar-refractivity contribution in [3.05, 3.63) is 0 Å². The molecule has 0 radical (unpaired) electrons. The normalized spacial score (nSPS) is 10.6. The Balaban J connectivity index is -0.00000364. The number of hydrogen-bond donors (Lipinski definition) is 0. The smallest absolute Gasteiger partial charge is 2.00 e. The molecule has 178 valence electrons. The van der Waals surface area contributed by atoms with Crippen molar-refractivity contribution in [2.75, 3.05) is 0 Å². The Labute approximate surface area is 222 Å². The van der Waals surface area contributed by atoms with Crippen molar-refractivity contribution < 1.29 is 5.48 Å².